The Hall–Kier alpha value is -3.19. The number of aliphatic carboxylic acids is 2. The van der Waals surface area contributed by atoms with Crippen LogP contribution in [0, 0.1) is 6.92 Å². The number of para-hydroxylation sites is 1. The van der Waals surface area contributed by atoms with Gasteiger partial charge in [-0.1, -0.05) is 48.0 Å². The standard InChI is InChI=1S/C19H22N2O.C2H2O4/c1-14-7-9-16(10-8-14)12-20-13-19(22)21-15(2)11-17-5-3-4-6-18(17)21;3-1(4)2(5)6/h3-10,15,20H,11-13H2,1-2H3;(H,3,4)(H,5,6). The van der Waals surface area contributed by atoms with E-state index in [0.29, 0.717) is 6.54 Å². The molecule has 0 aliphatic carbocycles. The fourth-order valence-corrected chi connectivity index (χ4v) is 3.05. The van der Waals surface area contributed by atoms with Crippen molar-refractivity contribution in [3.63, 3.8) is 0 Å². The molecule has 0 bridgehead atoms. The Balaban J connectivity index is 0.000000409. The first-order valence-corrected chi connectivity index (χ1v) is 8.92. The second-order valence-electron chi connectivity index (χ2n) is 6.65. The van der Waals surface area contributed by atoms with Crippen LogP contribution in [0.4, 0.5) is 5.69 Å². The number of nitrogens with one attached hydrogen (secondary N) is 1. The van der Waals surface area contributed by atoms with Crippen molar-refractivity contribution >= 4 is 23.5 Å². The van der Waals surface area contributed by atoms with Crippen molar-refractivity contribution in [1.29, 1.82) is 0 Å². The number of aryl methyl sites for hydroxylation is 1. The highest BCUT2D eigenvalue weighted by Crippen LogP contribution is 2.31. The predicted molar refractivity (Wildman–Crippen MR) is 105 cm³/mol. The number of hydrogen-bond acceptors (Lipinski definition) is 4. The number of carbonyl (C=O) groups excluding carboxylic acids is 1. The summed E-state index contributed by atoms with van der Waals surface area (Å²) in [6, 6.07) is 16.8. The molecule has 0 fully saturated rings. The summed E-state index contributed by atoms with van der Waals surface area (Å²) in [6.45, 7) is 5.27. The van der Waals surface area contributed by atoms with Gasteiger partial charge in [0, 0.05) is 18.3 Å². The summed E-state index contributed by atoms with van der Waals surface area (Å²) in [5, 5.41) is 18.0. The summed E-state index contributed by atoms with van der Waals surface area (Å²) >= 11 is 0. The van der Waals surface area contributed by atoms with Crippen molar-refractivity contribution in [2.75, 3.05) is 11.4 Å². The molecule has 1 heterocycles. The normalized spacial score (nSPS) is 14.6. The van der Waals surface area contributed by atoms with E-state index in [1.807, 2.05) is 23.1 Å². The number of rotatable bonds is 4. The van der Waals surface area contributed by atoms with Crippen molar-refractivity contribution in [3.05, 3.63) is 65.2 Å². The molecule has 1 unspecified atom stereocenters. The van der Waals surface area contributed by atoms with E-state index >= 15 is 0 Å². The molecule has 7 heteroatoms. The van der Waals surface area contributed by atoms with E-state index in [4.69, 9.17) is 19.8 Å². The van der Waals surface area contributed by atoms with Crippen molar-refractivity contribution < 1.29 is 24.6 Å². The van der Waals surface area contributed by atoms with Gasteiger partial charge in [-0.05, 0) is 37.5 Å². The monoisotopic (exact) mass is 384 g/mol. The SMILES string of the molecule is Cc1ccc(CNCC(=O)N2c3ccccc3CC2C)cc1.O=C(O)C(=O)O. The number of carboxylic acid groups (broad SMARTS) is 2. The number of fused-ring (bicyclic) bond motifs is 1. The quantitative estimate of drug-likeness (QED) is 0.698. The van der Waals surface area contributed by atoms with Gasteiger partial charge in [-0.25, -0.2) is 9.59 Å². The van der Waals surface area contributed by atoms with Crippen LogP contribution >= 0.6 is 0 Å². The maximum atomic E-state index is 12.5. The first-order chi connectivity index (χ1) is 13.3. The second kappa shape index (κ2) is 9.66. The van der Waals surface area contributed by atoms with Gasteiger partial charge in [-0.3, -0.25) is 4.79 Å². The summed E-state index contributed by atoms with van der Waals surface area (Å²) in [5.41, 5.74) is 4.79. The van der Waals surface area contributed by atoms with E-state index in [-0.39, 0.29) is 11.9 Å². The molecule has 148 valence electrons. The predicted octanol–water partition coefficient (Wildman–Crippen LogP) is 2.22. The lowest BCUT2D eigenvalue weighted by Crippen LogP contribution is -2.41. The maximum Gasteiger partial charge on any atom is 0.414 e. The fourth-order valence-electron chi connectivity index (χ4n) is 3.05. The van der Waals surface area contributed by atoms with Gasteiger partial charge < -0.3 is 20.4 Å². The number of carbonyl (C=O) groups is 3. The third kappa shape index (κ3) is 5.65. The third-order valence-electron chi connectivity index (χ3n) is 4.38. The highest BCUT2D eigenvalue weighted by atomic mass is 16.4. The smallest absolute Gasteiger partial charge is 0.414 e. The van der Waals surface area contributed by atoms with Crippen LogP contribution in [0.15, 0.2) is 48.5 Å². The first kappa shape index (κ1) is 21.1. The average molecular weight is 384 g/mol. The van der Waals surface area contributed by atoms with Gasteiger partial charge in [0.2, 0.25) is 5.91 Å². The number of hydrogen-bond donors (Lipinski definition) is 3. The Bertz CT molecular complexity index is 836. The van der Waals surface area contributed by atoms with E-state index in [1.54, 1.807) is 0 Å². The van der Waals surface area contributed by atoms with Gasteiger partial charge >= 0.3 is 11.9 Å². The van der Waals surface area contributed by atoms with E-state index < -0.39 is 11.9 Å². The molecular weight excluding hydrogens is 360 g/mol. The highest BCUT2D eigenvalue weighted by Gasteiger charge is 2.29. The van der Waals surface area contributed by atoms with Gasteiger partial charge in [0.05, 0.1) is 6.54 Å². The summed E-state index contributed by atoms with van der Waals surface area (Å²) in [4.78, 5) is 32.7. The minimum Gasteiger partial charge on any atom is -0.473 e. The van der Waals surface area contributed by atoms with Crippen molar-refractivity contribution in [2.45, 2.75) is 32.9 Å². The minimum atomic E-state index is -1.82. The Morgan fingerprint density at radius 3 is 2.25 bits per heavy atom. The summed E-state index contributed by atoms with van der Waals surface area (Å²) in [7, 11) is 0. The average Bonchev–Trinajstić information content (AvgIpc) is 2.99. The number of anilines is 1. The lowest BCUT2D eigenvalue weighted by molar-refractivity contribution is -0.159. The molecule has 1 atom stereocenters. The molecule has 1 amide bonds. The van der Waals surface area contributed by atoms with E-state index in [0.717, 1.165) is 18.7 Å². The first-order valence-electron chi connectivity index (χ1n) is 8.92. The minimum absolute atomic E-state index is 0.143. The lowest BCUT2D eigenvalue weighted by atomic mass is 10.1. The van der Waals surface area contributed by atoms with Crippen LogP contribution in [0.3, 0.4) is 0 Å². The molecule has 2 aromatic rings. The van der Waals surface area contributed by atoms with Crippen LogP contribution in [0.2, 0.25) is 0 Å². The molecular formula is C21H24N2O5. The summed E-state index contributed by atoms with van der Waals surface area (Å²) < 4.78 is 0. The lowest BCUT2D eigenvalue weighted by Gasteiger charge is -2.23. The number of carboxylic acids is 2. The Kier molecular flexibility index (Phi) is 7.28. The van der Waals surface area contributed by atoms with Crippen LogP contribution in [0.1, 0.15) is 23.6 Å². The van der Waals surface area contributed by atoms with Gasteiger partial charge in [0.1, 0.15) is 0 Å². The molecule has 1 aliphatic rings. The van der Waals surface area contributed by atoms with Crippen molar-refractivity contribution in [2.24, 2.45) is 0 Å². The fraction of sp³-hybridized carbons (Fsp3) is 0.286. The topological polar surface area (TPSA) is 107 Å². The zero-order valence-electron chi connectivity index (χ0n) is 15.9. The van der Waals surface area contributed by atoms with E-state index in [1.165, 1.54) is 16.7 Å². The third-order valence-corrected chi connectivity index (χ3v) is 4.38. The number of nitrogens with zero attached hydrogens (tertiary/aromatic N) is 1. The summed E-state index contributed by atoms with van der Waals surface area (Å²) in [6.07, 6.45) is 0.944. The molecule has 0 radical (unpaired) electrons. The summed E-state index contributed by atoms with van der Waals surface area (Å²) in [5.74, 6) is -3.51. The second-order valence-corrected chi connectivity index (χ2v) is 6.65. The van der Waals surface area contributed by atoms with Crippen LogP contribution in [-0.2, 0) is 27.3 Å². The molecule has 0 spiro atoms. The molecule has 0 aromatic heterocycles. The maximum absolute atomic E-state index is 12.5. The van der Waals surface area contributed by atoms with Gasteiger partial charge in [-0.2, -0.15) is 0 Å². The largest absolute Gasteiger partial charge is 0.473 e. The van der Waals surface area contributed by atoms with E-state index in [9.17, 15) is 4.79 Å². The molecule has 3 rings (SSSR count). The molecule has 7 nitrogen and oxygen atoms in total. The highest BCUT2D eigenvalue weighted by molar-refractivity contribution is 6.27. The van der Waals surface area contributed by atoms with Crippen LogP contribution in [0.5, 0.6) is 0 Å². The molecule has 0 saturated heterocycles. The Morgan fingerprint density at radius 1 is 1.04 bits per heavy atom. The van der Waals surface area contributed by atoms with Gasteiger partial charge in [0.25, 0.3) is 0 Å². The molecule has 1 aliphatic heterocycles. The van der Waals surface area contributed by atoms with Crippen LogP contribution in [-0.4, -0.2) is 40.6 Å². The Labute approximate surface area is 163 Å². The molecule has 28 heavy (non-hydrogen) atoms. The molecule has 0 saturated carbocycles. The van der Waals surface area contributed by atoms with Gasteiger partial charge in [-0.15, -0.1) is 0 Å². The number of benzene rings is 2. The van der Waals surface area contributed by atoms with Crippen molar-refractivity contribution in [3.8, 4) is 0 Å². The number of amides is 1. The Morgan fingerprint density at radius 2 is 1.64 bits per heavy atom. The zero-order chi connectivity index (χ0) is 20.7. The zero-order valence-corrected chi connectivity index (χ0v) is 15.9. The molecule has 3 N–H and O–H groups in total. The molecule has 2 aromatic carbocycles. The van der Waals surface area contributed by atoms with Crippen LogP contribution in [0.25, 0.3) is 0 Å². The van der Waals surface area contributed by atoms with Crippen LogP contribution < -0.4 is 10.2 Å². The van der Waals surface area contributed by atoms with E-state index in [2.05, 4.69) is 49.5 Å². The van der Waals surface area contributed by atoms with Crippen molar-refractivity contribution in [1.82, 2.24) is 5.32 Å². The van der Waals surface area contributed by atoms with Gasteiger partial charge in [0.15, 0.2) is 0 Å².